The highest BCUT2D eigenvalue weighted by atomic mass is 19.4. The Morgan fingerprint density at radius 2 is 1.80 bits per heavy atom. The molecular formula is C6H12F3N. The van der Waals surface area contributed by atoms with E-state index in [1.165, 1.54) is 0 Å². The molecule has 1 nitrogen and oxygen atoms in total. The number of hydrogen-bond donors (Lipinski definition) is 1. The van der Waals surface area contributed by atoms with Crippen molar-refractivity contribution in [3.63, 3.8) is 0 Å². The minimum atomic E-state index is -4.03. The molecule has 0 saturated carbocycles. The van der Waals surface area contributed by atoms with Crippen LogP contribution in [-0.2, 0) is 0 Å². The maximum atomic E-state index is 11.5. The fourth-order valence-electron chi connectivity index (χ4n) is 0.503. The third kappa shape index (κ3) is 7.75. The van der Waals surface area contributed by atoms with Crippen molar-refractivity contribution in [3.8, 4) is 0 Å². The van der Waals surface area contributed by atoms with Crippen molar-refractivity contribution in [2.75, 3.05) is 6.54 Å². The summed E-state index contributed by atoms with van der Waals surface area (Å²) in [7, 11) is 0. The third-order valence-electron chi connectivity index (χ3n) is 0.961. The van der Waals surface area contributed by atoms with E-state index < -0.39 is 12.6 Å². The van der Waals surface area contributed by atoms with Crippen LogP contribution >= 0.6 is 0 Å². The zero-order valence-electron chi connectivity index (χ0n) is 6.13. The number of hydrogen-bond acceptors (Lipinski definition) is 1. The molecule has 0 amide bonds. The molecule has 10 heavy (non-hydrogen) atoms. The van der Waals surface area contributed by atoms with E-state index >= 15 is 0 Å². The summed E-state index contributed by atoms with van der Waals surface area (Å²) in [6, 6.07) is 0.127. The van der Waals surface area contributed by atoms with Gasteiger partial charge in [0.2, 0.25) is 0 Å². The molecule has 0 aromatic rings. The molecule has 0 unspecified atom stereocenters. The number of alkyl halides is 3. The highest BCUT2D eigenvalue weighted by molar-refractivity contribution is 4.56. The molecule has 0 fully saturated rings. The smallest absolute Gasteiger partial charge is 0.314 e. The van der Waals surface area contributed by atoms with Crippen molar-refractivity contribution in [2.24, 2.45) is 0 Å². The third-order valence-corrected chi connectivity index (χ3v) is 0.961. The Morgan fingerprint density at radius 3 is 2.10 bits per heavy atom. The standard InChI is InChI=1S/C6H12F3N/c1-5(2)10-4-3-6(7,8)9/h5,10H,3-4H2,1-2H3. The van der Waals surface area contributed by atoms with Crippen LogP contribution in [-0.4, -0.2) is 18.8 Å². The normalized spacial score (nSPS) is 12.6. The summed E-state index contributed by atoms with van der Waals surface area (Å²) < 4.78 is 34.4. The van der Waals surface area contributed by atoms with Crippen LogP contribution in [0.5, 0.6) is 0 Å². The zero-order valence-corrected chi connectivity index (χ0v) is 6.13. The summed E-state index contributed by atoms with van der Waals surface area (Å²) in [5.41, 5.74) is 0. The van der Waals surface area contributed by atoms with Crippen molar-refractivity contribution < 1.29 is 13.2 Å². The lowest BCUT2D eigenvalue weighted by molar-refractivity contribution is -0.133. The second-order valence-corrected chi connectivity index (χ2v) is 2.47. The van der Waals surface area contributed by atoms with Gasteiger partial charge in [-0.3, -0.25) is 0 Å². The molecule has 0 heterocycles. The lowest BCUT2D eigenvalue weighted by Crippen LogP contribution is -2.27. The fourth-order valence-corrected chi connectivity index (χ4v) is 0.503. The molecule has 0 aliphatic rings. The molecule has 0 radical (unpaired) electrons. The van der Waals surface area contributed by atoms with Crippen molar-refractivity contribution in [3.05, 3.63) is 0 Å². The summed E-state index contributed by atoms with van der Waals surface area (Å²) in [5, 5.41) is 2.68. The van der Waals surface area contributed by atoms with Gasteiger partial charge in [-0.25, -0.2) is 0 Å². The van der Waals surface area contributed by atoms with Gasteiger partial charge in [-0.05, 0) is 0 Å². The molecule has 0 saturated heterocycles. The molecule has 0 spiro atoms. The molecule has 0 rings (SSSR count). The van der Waals surface area contributed by atoms with E-state index in [1.807, 2.05) is 13.8 Å². The van der Waals surface area contributed by atoms with Crippen molar-refractivity contribution in [1.82, 2.24) is 5.32 Å². The van der Waals surface area contributed by atoms with Crippen molar-refractivity contribution in [1.29, 1.82) is 0 Å². The summed E-state index contributed by atoms with van der Waals surface area (Å²) in [6.45, 7) is 3.65. The Balaban J connectivity index is 3.21. The Hall–Kier alpha value is -0.250. The van der Waals surface area contributed by atoms with Crippen LogP contribution in [0.4, 0.5) is 13.2 Å². The van der Waals surface area contributed by atoms with Crippen LogP contribution in [0.1, 0.15) is 20.3 Å². The number of nitrogens with one attached hydrogen (secondary N) is 1. The Bertz CT molecular complexity index is 87.5. The number of rotatable bonds is 3. The van der Waals surface area contributed by atoms with E-state index in [0.29, 0.717) is 0 Å². The Labute approximate surface area is 58.6 Å². The largest absolute Gasteiger partial charge is 0.390 e. The monoisotopic (exact) mass is 155 g/mol. The summed E-state index contributed by atoms with van der Waals surface area (Å²) in [5.74, 6) is 0. The number of halogens is 3. The first-order valence-electron chi connectivity index (χ1n) is 3.22. The average molecular weight is 155 g/mol. The molecule has 0 atom stereocenters. The molecule has 1 N–H and O–H groups in total. The van der Waals surface area contributed by atoms with Gasteiger partial charge in [0.1, 0.15) is 0 Å². The second-order valence-electron chi connectivity index (χ2n) is 2.47. The molecule has 0 aromatic heterocycles. The van der Waals surface area contributed by atoms with Crippen LogP contribution in [0, 0.1) is 0 Å². The van der Waals surface area contributed by atoms with E-state index in [4.69, 9.17) is 0 Å². The first-order chi connectivity index (χ1) is 4.42. The molecule has 0 aliphatic heterocycles. The highest BCUT2D eigenvalue weighted by Crippen LogP contribution is 2.18. The van der Waals surface area contributed by atoms with Crippen molar-refractivity contribution >= 4 is 0 Å². The minimum absolute atomic E-state index is 0.0150. The fraction of sp³-hybridized carbons (Fsp3) is 1.00. The van der Waals surface area contributed by atoms with Gasteiger partial charge in [-0.1, -0.05) is 13.8 Å². The van der Waals surface area contributed by atoms with Crippen LogP contribution in [0.3, 0.4) is 0 Å². The van der Waals surface area contributed by atoms with Gasteiger partial charge in [0, 0.05) is 12.6 Å². The van der Waals surface area contributed by atoms with Gasteiger partial charge in [0.05, 0.1) is 6.42 Å². The predicted octanol–water partition coefficient (Wildman–Crippen LogP) is 1.94. The second kappa shape index (κ2) is 3.81. The summed E-state index contributed by atoms with van der Waals surface area (Å²) in [6.07, 6.45) is -4.77. The molecule has 0 aromatic carbocycles. The van der Waals surface area contributed by atoms with Crippen LogP contribution < -0.4 is 5.32 Å². The molecule has 0 aliphatic carbocycles. The zero-order chi connectivity index (χ0) is 8.20. The van der Waals surface area contributed by atoms with E-state index in [1.54, 1.807) is 0 Å². The molecule has 4 heteroatoms. The van der Waals surface area contributed by atoms with Gasteiger partial charge >= 0.3 is 6.18 Å². The highest BCUT2D eigenvalue weighted by Gasteiger charge is 2.25. The first kappa shape index (κ1) is 9.75. The molecular weight excluding hydrogens is 143 g/mol. The Morgan fingerprint density at radius 1 is 1.30 bits per heavy atom. The van der Waals surface area contributed by atoms with Crippen molar-refractivity contribution in [2.45, 2.75) is 32.5 Å². The van der Waals surface area contributed by atoms with E-state index in [0.717, 1.165) is 0 Å². The SMILES string of the molecule is CC(C)NCCC(F)(F)F. The first-order valence-corrected chi connectivity index (χ1v) is 3.22. The van der Waals surface area contributed by atoms with Crippen LogP contribution in [0.25, 0.3) is 0 Å². The predicted molar refractivity (Wildman–Crippen MR) is 33.8 cm³/mol. The van der Waals surface area contributed by atoms with Gasteiger partial charge in [0.25, 0.3) is 0 Å². The Kier molecular flexibility index (Phi) is 3.71. The van der Waals surface area contributed by atoms with Crippen LogP contribution in [0.2, 0.25) is 0 Å². The van der Waals surface area contributed by atoms with Gasteiger partial charge < -0.3 is 5.32 Å². The lowest BCUT2D eigenvalue weighted by Gasteiger charge is -2.09. The summed E-state index contributed by atoms with van der Waals surface area (Å²) in [4.78, 5) is 0. The van der Waals surface area contributed by atoms with Gasteiger partial charge in [0.15, 0.2) is 0 Å². The maximum Gasteiger partial charge on any atom is 0.390 e. The van der Waals surface area contributed by atoms with E-state index in [2.05, 4.69) is 5.32 Å². The van der Waals surface area contributed by atoms with Gasteiger partial charge in [-0.2, -0.15) is 13.2 Å². The molecule has 0 bridgehead atoms. The maximum absolute atomic E-state index is 11.5. The average Bonchev–Trinajstić information content (AvgIpc) is 1.59. The van der Waals surface area contributed by atoms with Crippen LogP contribution in [0.15, 0.2) is 0 Å². The quantitative estimate of drug-likeness (QED) is 0.656. The molecule has 62 valence electrons. The lowest BCUT2D eigenvalue weighted by atomic mass is 10.3. The minimum Gasteiger partial charge on any atom is -0.314 e. The topological polar surface area (TPSA) is 12.0 Å². The van der Waals surface area contributed by atoms with E-state index in [9.17, 15) is 13.2 Å². The summed E-state index contributed by atoms with van der Waals surface area (Å²) >= 11 is 0. The van der Waals surface area contributed by atoms with E-state index in [-0.39, 0.29) is 12.6 Å². The van der Waals surface area contributed by atoms with Gasteiger partial charge in [-0.15, -0.1) is 0 Å².